The predicted molar refractivity (Wildman–Crippen MR) is 108 cm³/mol. The van der Waals surface area contributed by atoms with Crippen molar-refractivity contribution < 1.29 is 14.0 Å². The molecule has 0 atom stereocenters. The highest BCUT2D eigenvalue weighted by Crippen LogP contribution is 2.11. The monoisotopic (exact) mass is 384 g/mol. The molecule has 0 aliphatic carbocycles. The Hall–Kier alpha value is -2.89. The van der Waals surface area contributed by atoms with Crippen molar-refractivity contribution in [1.29, 1.82) is 0 Å². The number of carbonyl (C=O) groups is 2. The van der Waals surface area contributed by atoms with Gasteiger partial charge in [-0.25, -0.2) is 4.79 Å². The number of carbonyl (C=O) groups excluding carboxylic acids is 2. The van der Waals surface area contributed by atoms with Crippen LogP contribution in [0.15, 0.2) is 45.6 Å². The zero-order valence-electron chi connectivity index (χ0n) is 16.7. The summed E-state index contributed by atoms with van der Waals surface area (Å²) in [6.45, 7) is 5.88. The third-order valence-corrected chi connectivity index (χ3v) is 4.39. The molecule has 0 saturated heterocycles. The topological polar surface area (TPSA) is 88.4 Å². The van der Waals surface area contributed by atoms with Crippen LogP contribution >= 0.6 is 0 Å². The fraction of sp³-hybridized carbons (Fsp3) is 0.409. The molecule has 2 aromatic rings. The van der Waals surface area contributed by atoms with Crippen LogP contribution in [0.25, 0.3) is 0 Å². The summed E-state index contributed by atoms with van der Waals surface area (Å²) in [5, 5.41) is 5.35. The van der Waals surface area contributed by atoms with E-state index in [9.17, 15) is 14.4 Å². The number of aryl methyl sites for hydroxylation is 3. The van der Waals surface area contributed by atoms with Gasteiger partial charge in [0, 0.05) is 25.4 Å². The summed E-state index contributed by atoms with van der Waals surface area (Å²) >= 11 is 0. The highest BCUT2D eigenvalue weighted by atomic mass is 16.4. The van der Waals surface area contributed by atoms with Gasteiger partial charge in [0.2, 0.25) is 5.91 Å². The zero-order chi connectivity index (χ0) is 20.5. The average molecular weight is 384 g/mol. The van der Waals surface area contributed by atoms with Gasteiger partial charge < -0.3 is 15.1 Å². The fourth-order valence-electron chi connectivity index (χ4n) is 2.83. The van der Waals surface area contributed by atoms with Crippen molar-refractivity contribution in [3.05, 3.63) is 69.3 Å². The maximum absolute atomic E-state index is 12.3. The maximum atomic E-state index is 12.3. The molecule has 2 amide bonds. The van der Waals surface area contributed by atoms with Gasteiger partial charge in [-0.2, -0.15) is 0 Å². The lowest BCUT2D eigenvalue weighted by Crippen LogP contribution is -2.38. The molecule has 6 nitrogen and oxygen atoms in total. The van der Waals surface area contributed by atoms with Crippen LogP contribution in [0.4, 0.5) is 0 Å². The van der Waals surface area contributed by atoms with Gasteiger partial charge >= 0.3 is 5.63 Å². The maximum Gasteiger partial charge on any atom is 0.349 e. The van der Waals surface area contributed by atoms with E-state index < -0.39 is 11.5 Å². The number of nitrogens with one attached hydrogen (secondary N) is 2. The lowest BCUT2D eigenvalue weighted by molar-refractivity contribution is -0.123. The second-order valence-corrected chi connectivity index (χ2v) is 7.10. The fourth-order valence-corrected chi connectivity index (χ4v) is 2.83. The van der Waals surface area contributed by atoms with Crippen molar-refractivity contribution >= 4 is 11.8 Å². The third kappa shape index (κ3) is 6.37. The SMILES string of the molecule is Cc1cc(CCCc2ccccc2)oc(=O)c1C(=O)NCCNC(=O)C(C)C. The van der Waals surface area contributed by atoms with Gasteiger partial charge in [-0.1, -0.05) is 44.2 Å². The molecule has 0 spiro atoms. The van der Waals surface area contributed by atoms with Crippen molar-refractivity contribution in [3.63, 3.8) is 0 Å². The summed E-state index contributed by atoms with van der Waals surface area (Å²) in [4.78, 5) is 36.1. The van der Waals surface area contributed by atoms with Crippen LogP contribution in [0.3, 0.4) is 0 Å². The van der Waals surface area contributed by atoms with Gasteiger partial charge in [0.05, 0.1) is 0 Å². The molecule has 2 rings (SSSR count). The smallest absolute Gasteiger partial charge is 0.349 e. The van der Waals surface area contributed by atoms with Crippen LogP contribution in [0, 0.1) is 12.8 Å². The van der Waals surface area contributed by atoms with Gasteiger partial charge in [0.15, 0.2) is 0 Å². The molecule has 0 radical (unpaired) electrons. The van der Waals surface area contributed by atoms with E-state index in [2.05, 4.69) is 22.8 Å². The Bertz CT molecular complexity index is 857. The Labute approximate surface area is 165 Å². The van der Waals surface area contributed by atoms with Crippen LogP contribution in [0.2, 0.25) is 0 Å². The zero-order valence-corrected chi connectivity index (χ0v) is 16.7. The molecule has 0 fully saturated rings. The van der Waals surface area contributed by atoms with Crippen LogP contribution in [-0.4, -0.2) is 24.9 Å². The molecule has 150 valence electrons. The van der Waals surface area contributed by atoms with Crippen LogP contribution < -0.4 is 16.3 Å². The molecule has 1 heterocycles. The van der Waals surface area contributed by atoms with E-state index in [0.717, 1.165) is 12.8 Å². The number of amides is 2. The minimum atomic E-state index is -0.626. The number of rotatable bonds is 9. The highest BCUT2D eigenvalue weighted by molar-refractivity contribution is 5.95. The molecular weight excluding hydrogens is 356 g/mol. The van der Waals surface area contributed by atoms with Crippen molar-refractivity contribution in [1.82, 2.24) is 10.6 Å². The van der Waals surface area contributed by atoms with E-state index in [0.29, 0.717) is 24.3 Å². The van der Waals surface area contributed by atoms with Crippen LogP contribution in [-0.2, 0) is 17.6 Å². The predicted octanol–water partition coefficient (Wildman–Crippen LogP) is 2.63. The van der Waals surface area contributed by atoms with E-state index in [1.807, 2.05) is 18.2 Å². The number of hydrogen-bond donors (Lipinski definition) is 2. The van der Waals surface area contributed by atoms with Crippen LogP contribution in [0.1, 0.15) is 47.5 Å². The van der Waals surface area contributed by atoms with E-state index in [-0.39, 0.29) is 23.9 Å². The molecule has 1 aromatic carbocycles. The Morgan fingerprint density at radius 2 is 1.71 bits per heavy atom. The quantitative estimate of drug-likeness (QED) is 0.651. The Morgan fingerprint density at radius 1 is 1.04 bits per heavy atom. The third-order valence-electron chi connectivity index (χ3n) is 4.39. The Kier molecular flexibility index (Phi) is 7.99. The average Bonchev–Trinajstić information content (AvgIpc) is 2.65. The highest BCUT2D eigenvalue weighted by Gasteiger charge is 2.16. The summed E-state index contributed by atoms with van der Waals surface area (Å²) in [7, 11) is 0. The van der Waals surface area contributed by atoms with Gasteiger partial charge in [-0.15, -0.1) is 0 Å². The molecule has 0 bridgehead atoms. The molecule has 2 N–H and O–H groups in total. The van der Waals surface area contributed by atoms with Crippen molar-refractivity contribution in [2.45, 2.75) is 40.0 Å². The van der Waals surface area contributed by atoms with E-state index in [4.69, 9.17) is 4.42 Å². The standard InChI is InChI=1S/C22H28N2O4/c1-15(2)20(25)23-12-13-24-21(26)19-16(3)14-18(28-22(19)27)11-7-10-17-8-5-4-6-9-17/h4-6,8-9,14-15H,7,10-13H2,1-3H3,(H,23,25)(H,24,26). The summed E-state index contributed by atoms with van der Waals surface area (Å²) < 4.78 is 5.34. The van der Waals surface area contributed by atoms with Crippen molar-refractivity contribution in [2.24, 2.45) is 5.92 Å². The second-order valence-electron chi connectivity index (χ2n) is 7.10. The lowest BCUT2D eigenvalue weighted by atomic mass is 10.1. The molecule has 6 heteroatoms. The van der Waals surface area contributed by atoms with Crippen molar-refractivity contribution in [2.75, 3.05) is 13.1 Å². The molecule has 28 heavy (non-hydrogen) atoms. The largest absolute Gasteiger partial charge is 0.427 e. The summed E-state index contributed by atoms with van der Waals surface area (Å²) in [6.07, 6.45) is 2.38. The lowest BCUT2D eigenvalue weighted by Gasteiger charge is -2.10. The van der Waals surface area contributed by atoms with Gasteiger partial charge in [-0.3, -0.25) is 9.59 Å². The summed E-state index contributed by atoms with van der Waals surface area (Å²) in [6, 6.07) is 11.9. The second kappa shape index (κ2) is 10.4. The Balaban J connectivity index is 1.89. The van der Waals surface area contributed by atoms with E-state index >= 15 is 0 Å². The van der Waals surface area contributed by atoms with Gasteiger partial charge in [0.25, 0.3) is 5.91 Å². The first-order chi connectivity index (χ1) is 13.4. The van der Waals surface area contributed by atoms with Gasteiger partial charge in [0.1, 0.15) is 11.3 Å². The molecule has 0 aliphatic rings. The summed E-state index contributed by atoms with van der Waals surface area (Å²) in [5.41, 5.74) is 1.22. The van der Waals surface area contributed by atoms with E-state index in [1.54, 1.807) is 26.8 Å². The molecular formula is C22H28N2O4. The van der Waals surface area contributed by atoms with Crippen molar-refractivity contribution in [3.8, 4) is 0 Å². The first-order valence-corrected chi connectivity index (χ1v) is 9.62. The first kappa shape index (κ1) is 21.4. The molecule has 0 saturated carbocycles. The molecule has 1 aromatic heterocycles. The number of hydrogen-bond acceptors (Lipinski definition) is 4. The number of benzene rings is 1. The minimum absolute atomic E-state index is 0.0157. The Morgan fingerprint density at radius 3 is 2.36 bits per heavy atom. The minimum Gasteiger partial charge on any atom is -0.427 e. The van der Waals surface area contributed by atoms with Gasteiger partial charge in [-0.05, 0) is 37.0 Å². The first-order valence-electron chi connectivity index (χ1n) is 9.62. The van der Waals surface area contributed by atoms with E-state index in [1.165, 1.54) is 5.56 Å². The summed E-state index contributed by atoms with van der Waals surface area (Å²) in [5.74, 6) is -0.0933. The van der Waals surface area contributed by atoms with Crippen LogP contribution in [0.5, 0.6) is 0 Å². The molecule has 0 unspecified atom stereocenters. The molecule has 0 aliphatic heterocycles. The normalized spacial score (nSPS) is 10.7.